The van der Waals surface area contributed by atoms with Crippen LogP contribution in [0.2, 0.25) is 0 Å². The van der Waals surface area contributed by atoms with Crippen LogP contribution in [0.4, 0.5) is 0 Å². The van der Waals surface area contributed by atoms with Crippen molar-refractivity contribution >= 4 is 5.97 Å². The second kappa shape index (κ2) is 8.79. The molecule has 1 aliphatic rings. The number of hydrogen-bond donors (Lipinski definition) is 2. The van der Waals surface area contributed by atoms with E-state index in [2.05, 4.69) is 4.98 Å². The fraction of sp³-hybridized carbons (Fsp3) is 0.455. The van der Waals surface area contributed by atoms with Crippen molar-refractivity contribution in [3.63, 3.8) is 0 Å². The number of aromatic hydroxyl groups is 1. The Morgan fingerprint density at radius 1 is 1.30 bits per heavy atom. The molecule has 0 saturated carbocycles. The van der Waals surface area contributed by atoms with Gasteiger partial charge in [-0.3, -0.25) is 4.79 Å². The van der Waals surface area contributed by atoms with Crippen molar-refractivity contribution in [3.8, 4) is 28.5 Å². The van der Waals surface area contributed by atoms with Gasteiger partial charge in [0, 0.05) is 56.0 Å². The summed E-state index contributed by atoms with van der Waals surface area (Å²) in [6.45, 7) is 6.69. The average Bonchev–Trinajstić information content (AvgIpc) is 3.00. The third-order valence-corrected chi connectivity index (χ3v) is 4.73. The van der Waals surface area contributed by atoms with Gasteiger partial charge in [0.2, 0.25) is 0 Å². The van der Waals surface area contributed by atoms with Crippen molar-refractivity contribution in [1.29, 1.82) is 0 Å². The van der Waals surface area contributed by atoms with Crippen LogP contribution in [0.25, 0.3) is 11.3 Å². The minimum Gasteiger partial charge on any atom is -0.507 e. The molecule has 0 aliphatic carbocycles. The highest BCUT2D eigenvalue weighted by molar-refractivity contribution is 5.89. The molecule has 162 valence electrons. The SMILES string of the molecule is CCOC(=O)c1c[nH]c(-c2c(O)cc(OCCCOC)c3c2CC(C)(C)O3)cc1=O. The Hall–Kier alpha value is -3.00. The molecule has 0 atom stereocenters. The molecule has 0 radical (unpaired) electrons. The van der Waals surface area contributed by atoms with Crippen LogP contribution in [0.5, 0.6) is 17.2 Å². The number of H-pyrrole nitrogens is 1. The van der Waals surface area contributed by atoms with Crippen molar-refractivity contribution in [2.75, 3.05) is 26.9 Å². The number of carbonyl (C=O) groups is 1. The molecule has 3 rings (SSSR count). The van der Waals surface area contributed by atoms with Gasteiger partial charge in [0.15, 0.2) is 16.9 Å². The number of carbonyl (C=O) groups excluding carboxylic acids is 1. The molecule has 0 saturated heterocycles. The highest BCUT2D eigenvalue weighted by atomic mass is 16.5. The van der Waals surface area contributed by atoms with Crippen LogP contribution >= 0.6 is 0 Å². The van der Waals surface area contributed by atoms with E-state index >= 15 is 0 Å². The number of aromatic nitrogens is 1. The van der Waals surface area contributed by atoms with Gasteiger partial charge in [0.05, 0.1) is 18.9 Å². The van der Waals surface area contributed by atoms with Crippen LogP contribution in [-0.2, 0) is 15.9 Å². The topological polar surface area (TPSA) is 107 Å². The first-order valence-corrected chi connectivity index (χ1v) is 9.87. The molecule has 8 heteroatoms. The molecule has 0 unspecified atom stereocenters. The molecule has 2 heterocycles. The molecule has 0 fully saturated rings. The van der Waals surface area contributed by atoms with E-state index in [0.29, 0.717) is 48.8 Å². The number of methoxy groups -OCH3 is 1. The van der Waals surface area contributed by atoms with Crippen LogP contribution in [0.15, 0.2) is 23.1 Å². The fourth-order valence-corrected chi connectivity index (χ4v) is 3.47. The molecule has 0 amide bonds. The molecule has 2 aromatic rings. The molecule has 1 aliphatic heterocycles. The van der Waals surface area contributed by atoms with Crippen molar-refractivity contribution in [2.45, 2.75) is 39.2 Å². The predicted octanol–water partition coefficient (Wildman–Crippen LogP) is 3.05. The van der Waals surface area contributed by atoms with Gasteiger partial charge in [0.25, 0.3) is 0 Å². The molecule has 0 bridgehead atoms. The largest absolute Gasteiger partial charge is 0.507 e. The normalized spacial score (nSPS) is 14.1. The summed E-state index contributed by atoms with van der Waals surface area (Å²) in [6.07, 6.45) is 2.51. The van der Waals surface area contributed by atoms with Crippen molar-refractivity contribution < 1.29 is 28.8 Å². The molecule has 1 aromatic heterocycles. The quantitative estimate of drug-likeness (QED) is 0.502. The van der Waals surface area contributed by atoms with Crippen LogP contribution in [0, 0.1) is 0 Å². The number of phenolic OH excluding ortho intramolecular Hbond substituents is 1. The second-order valence-corrected chi connectivity index (χ2v) is 7.65. The lowest BCUT2D eigenvalue weighted by molar-refractivity contribution is 0.0524. The van der Waals surface area contributed by atoms with E-state index in [1.807, 2.05) is 13.8 Å². The van der Waals surface area contributed by atoms with Crippen molar-refractivity contribution in [2.24, 2.45) is 0 Å². The maximum absolute atomic E-state index is 12.5. The summed E-state index contributed by atoms with van der Waals surface area (Å²) >= 11 is 0. The third kappa shape index (κ3) is 4.43. The number of aromatic amines is 1. The highest BCUT2D eigenvalue weighted by Crippen LogP contribution is 2.50. The molecule has 1 aromatic carbocycles. The molecular weight excluding hydrogens is 390 g/mol. The molecule has 2 N–H and O–H groups in total. The predicted molar refractivity (Wildman–Crippen MR) is 111 cm³/mol. The number of benzene rings is 1. The van der Waals surface area contributed by atoms with E-state index in [1.165, 1.54) is 18.3 Å². The average molecular weight is 417 g/mol. The van der Waals surface area contributed by atoms with Gasteiger partial charge in [-0.25, -0.2) is 4.79 Å². The minimum absolute atomic E-state index is 0.0451. The molecule has 8 nitrogen and oxygen atoms in total. The summed E-state index contributed by atoms with van der Waals surface area (Å²) in [4.78, 5) is 27.3. The number of rotatable bonds is 8. The zero-order valence-corrected chi connectivity index (χ0v) is 17.7. The Balaban J connectivity index is 2.02. The Morgan fingerprint density at radius 2 is 2.07 bits per heavy atom. The van der Waals surface area contributed by atoms with Crippen molar-refractivity contribution in [1.82, 2.24) is 4.98 Å². The number of fused-ring (bicyclic) bond motifs is 1. The third-order valence-electron chi connectivity index (χ3n) is 4.73. The maximum Gasteiger partial charge on any atom is 0.343 e. The fourth-order valence-electron chi connectivity index (χ4n) is 3.47. The maximum atomic E-state index is 12.5. The van der Waals surface area contributed by atoms with Gasteiger partial charge < -0.3 is 29.0 Å². The summed E-state index contributed by atoms with van der Waals surface area (Å²) in [5.74, 6) is 0.249. The van der Waals surface area contributed by atoms with Gasteiger partial charge in [-0.2, -0.15) is 0 Å². The first kappa shape index (κ1) is 21.7. The zero-order valence-electron chi connectivity index (χ0n) is 17.7. The molecule has 0 spiro atoms. The minimum atomic E-state index is -0.691. The van der Waals surface area contributed by atoms with Crippen LogP contribution in [0.1, 0.15) is 43.1 Å². The Kier molecular flexibility index (Phi) is 6.36. The van der Waals surface area contributed by atoms with Crippen LogP contribution < -0.4 is 14.9 Å². The Labute approximate surface area is 174 Å². The number of esters is 1. The van der Waals surface area contributed by atoms with Gasteiger partial charge >= 0.3 is 5.97 Å². The standard InChI is InChI=1S/C22H27NO7/c1-5-28-21(26)14-12-23-15(9-16(14)24)19-13-11-22(2,3)30-20(13)18(10-17(19)25)29-8-6-7-27-4/h9-10,12,25H,5-8,11H2,1-4H3,(H,23,24). The first-order valence-electron chi connectivity index (χ1n) is 9.87. The summed E-state index contributed by atoms with van der Waals surface area (Å²) in [6, 6.07) is 2.77. The van der Waals surface area contributed by atoms with E-state index < -0.39 is 17.0 Å². The zero-order chi connectivity index (χ0) is 21.9. The summed E-state index contributed by atoms with van der Waals surface area (Å²) < 4.78 is 21.8. The van der Waals surface area contributed by atoms with E-state index in [0.717, 1.165) is 5.56 Å². The molecular formula is C22H27NO7. The molecule has 30 heavy (non-hydrogen) atoms. The van der Waals surface area contributed by atoms with Gasteiger partial charge in [0.1, 0.15) is 16.9 Å². The second-order valence-electron chi connectivity index (χ2n) is 7.65. The highest BCUT2D eigenvalue weighted by Gasteiger charge is 2.36. The summed E-state index contributed by atoms with van der Waals surface area (Å²) in [7, 11) is 1.62. The number of hydrogen-bond acceptors (Lipinski definition) is 7. The smallest absolute Gasteiger partial charge is 0.343 e. The van der Waals surface area contributed by atoms with Crippen molar-refractivity contribution in [3.05, 3.63) is 39.7 Å². The Bertz CT molecular complexity index is 994. The van der Waals surface area contributed by atoms with Crippen LogP contribution in [0.3, 0.4) is 0 Å². The summed E-state index contributed by atoms with van der Waals surface area (Å²) in [5, 5.41) is 10.8. The number of phenols is 1. The Morgan fingerprint density at radius 3 is 2.73 bits per heavy atom. The number of nitrogens with one attached hydrogen (secondary N) is 1. The monoisotopic (exact) mass is 417 g/mol. The lowest BCUT2D eigenvalue weighted by Gasteiger charge is -2.18. The van der Waals surface area contributed by atoms with E-state index in [4.69, 9.17) is 18.9 Å². The van der Waals surface area contributed by atoms with Gasteiger partial charge in [-0.05, 0) is 20.8 Å². The first-order chi connectivity index (χ1) is 14.3. The van der Waals surface area contributed by atoms with Gasteiger partial charge in [-0.1, -0.05) is 0 Å². The number of ether oxygens (including phenoxy) is 4. The lowest BCUT2D eigenvalue weighted by atomic mass is 9.94. The van der Waals surface area contributed by atoms with E-state index in [9.17, 15) is 14.7 Å². The van der Waals surface area contributed by atoms with E-state index in [-0.39, 0.29) is 17.9 Å². The summed E-state index contributed by atoms with van der Waals surface area (Å²) in [5.41, 5.74) is 0.489. The lowest BCUT2D eigenvalue weighted by Crippen LogP contribution is -2.25. The number of pyridine rings is 1. The van der Waals surface area contributed by atoms with Crippen LogP contribution in [-0.4, -0.2) is 48.6 Å². The van der Waals surface area contributed by atoms with E-state index in [1.54, 1.807) is 14.0 Å². The van der Waals surface area contributed by atoms with Gasteiger partial charge in [-0.15, -0.1) is 0 Å².